The van der Waals surface area contributed by atoms with E-state index < -0.39 is 0 Å². The van der Waals surface area contributed by atoms with Gasteiger partial charge in [-0.1, -0.05) is 176 Å². The van der Waals surface area contributed by atoms with Gasteiger partial charge in [-0.15, -0.1) is 0 Å². The number of anilines is 2. The number of fused-ring (bicyclic) bond motifs is 3. The normalized spacial score (nSPS) is 11.2. The lowest BCUT2D eigenvalue weighted by atomic mass is 9.95. The van der Waals surface area contributed by atoms with Crippen molar-refractivity contribution < 1.29 is 0 Å². The van der Waals surface area contributed by atoms with Crippen molar-refractivity contribution in [2.75, 3.05) is 5.32 Å². The maximum Gasteiger partial charge on any atom is 0.0619 e. The summed E-state index contributed by atoms with van der Waals surface area (Å²) < 4.78 is 2.47. The summed E-state index contributed by atoms with van der Waals surface area (Å²) in [5.41, 5.74) is 17.4. The zero-order valence-electron chi connectivity index (χ0n) is 30.8. The molecule has 0 bridgehead atoms. The number of benzene rings is 9. The highest BCUT2D eigenvalue weighted by atomic mass is 15.0. The van der Waals surface area contributed by atoms with Crippen molar-refractivity contribution in [2.24, 2.45) is 0 Å². The second-order valence-electron chi connectivity index (χ2n) is 14.3. The minimum Gasteiger partial charge on any atom is -0.355 e. The number of nitrogens with one attached hydrogen (secondary N) is 1. The van der Waals surface area contributed by atoms with Gasteiger partial charge < -0.3 is 9.88 Å². The summed E-state index contributed by atoms with van der Waals surface area (Å²) in [6, 6.07) is 80.7. The number of aromatic nitrogens is 1. The molecule has 0 aliphatic heterocycles. The minimum absolute atomic E-state index is 1.05. The Kier molecular flexibility index (Phi) is 8.55. The van der Waals surface area contributed by atoms with Crippen LogP contribution in [0, 0.1) is 0 Å². The SMILES string of the molecule is c1ccc(-c2cccc(Nc3ccc(-c4cccc5c6ccccc6n(-c6cc(-c7ccccc7)cc(-c7ccccc7)c6)c45)cc3-c3ccccc3)c2)cc1. The van der Waals surface area contributed by atoms with Gasteiger partial charge in [0.05, 0.1) is 11.0 Å². The van der Waals surface area contributed by atoms with Crippen LogP contribution in [0.25, 0.3) is 83.1 Å². The first kappa shape index (κ1) is 33.2. The molecule has 56 heavy (non-hydrogen) atoms. The molecule has 2 nitrogen and oxygen atoms in total. The van der Waals surface area contributed by atoms with E-state index >= 15 is 0 Å². The van der Waals surface area contributed by atoms with Crippen LogP contribution >= 0.6 is 0 Å². The van der Waals surface area contributed by atoms with Gasteiger partial charge in [0.15, 0.2) is 0 Å². The van der Waals surface area contributed by atoms with Crippen LogP contribution in [0.4, 0.5) is 11.4 Å². The molecule has 0 atom stereocenters. The first-order valence-electron chi connectivity index (χ1n) is 19.2. The molecule has 2 heteroatoms. The van der Waals surface area contributed by atoms with Gasteiger partial charge in [-0.25, -0.2) is 0 Å². The van der Waals surface area contributed by atoms with Crippen LogP contribution in [0.15, 0.2) is 224 Å². The van der Waals surface area contributed by atoms with Crippen LogP contribution in [0.1, 0.15) is 0 Å². The van der Waals surface area contributed by atoms with E-state index in [2.05, 4.69) is 234 Å². The first-order valence-corrected chi connectivity index (χ1v) is 19.2. The number of rotatable bonds is 8. The van der Waals surface area contributed by atoms with E-state index in [0.29, 0.717) is 0 Å². The molecular formula is C54H38N2. The first-order chi connectivity index (χ1) is 27.8. The van der Waals surface area contributed by atoms with Crippen molar-refractivity contribution in [3.8, 4) is 61.3 Å². The maximum absolute atomic E-state index is 3.79. The van der Waals surface area contributed by atoms with Gasteiger partial charge >= 0.3 is 0 Å². The fourth-order valence-electron chi connectivity index (χ4n) is 8.09. The summed E-state index contributed by atoms with van der Waals surface area (Å²) >= 11 is 0. The maximum atomic E-state index is 3.79. The molecule has 10 rings (SSSR count). The summed E-state index contributed by atoms with van der Waals surface area (Å²) in [5, 5.41) is 6.25. The molecule has 10 aromatic rings. The zero-order valence-corrected chi connectivity index (χ0v) is 30.8. The Labute approximate surface area is 327 Å². The third-order valence-corrected chi connectivity index (χ3v) is 10.7. The highest BCUT2D eigenvalue weighted by molar-refractivity contribution is 6.14. The zero-order chi connectivity index (χ0) is 37.3. The van der Waals surface area contributed by atoms with E-state index in [4.69, 9.17) is 0 Å². The van der Waals surface area contributed by atoms with E-state index in [1.54, 1.807) is 0 Å². The van der Waals surface area contributed by atoms with Crippen LogP contribution < -0.4 is 5.32 Å². The van der Waals surface area contributed by atoms with Crippen LogP contribution in [0.5, 0.6) is 0 Å². The Hall–Kier alpha value is -7.42. The number of hydrogen-bond donors (Lipinski definition) is 1. The fourth-order valence-corrected chi connectivity index (χ4v) is 8.09. The largest absolute Gasteiger partial charge is 0.355 e. The Morgan fingerprint density at radius 2 is 0.839 bits per heavy atom. The molecule has 1 N–H and O–H groups in total. The topological polar surface area (TPSA) is 17.0 Å². The van der Waals surface area contributed by atoms with E-state index in [1.807, 2.05) is 0 Å². The summed E-state index contributed by atoms with van der Waals surface area (Å²) in [5.74, 6) is 0. The smallest absolute Gasteiger partial charge is 0.0619 e. The minimum atomic E-state index is 1.05. The average molecular weight is 715 g/mol. The van der Waals surface area contributed by atoms with Crippen molar-refractivity contribution in [1.82, 2.24) is 4.57 Å². The fraction of sp³-hybridized carbons (Fsp3) is 0. The monoisotopic (exact) mass is 714 g/mol. The van der Waals surface area contributed by atoms with Crippen molar-refractivity contribution in [2.45, 2.75) is 0 Å². The molecule has 264 valence electrons. The van der Waals surface area contributed by atoms with E-state index in [9.17, 15) is 0 Å². The van der Waals surface area contributed by atoms with Gasteiger partial charge in [-0.3, -0.25) is 0 Å². The molecule has 0 aliphatic rings. The third-order valence-electron chi connectivity index (χ3n) is 10.7. The molecular weight excluding hydrogens is 677 g/mol. The molecule has 1 aromatic heterocycles. The molecule has 0 fully saturated rings. The Morgan fingerprint density at radius 3 is 1.50 bits per heavy atom. The van der Waals surface area contributed by atoms with Gasteiger partial charge in [0, 0.05) is 39.0 Å². The van der Waals surface area contributed by atoms with E-state index in [0.717, 1.165) is 33.8 Å². The van der Waals surface area contributed by atoms with Crippen LogP contribution in [0.3, 0.4) is 0 Å². The second-order valence-corrected chi connectivity index (χ2v) is 14.3. The highest BCUT2D eigenvalue weighted by Crippen LogP contribution is 2.42. The van der Waals surface area contributed by atoms with Gasteiger partial charge in [-0.05, 0) is 93.0 Å². The molecule has 0 amide bonds. The Balaban J connectivity index is 1.17. The van der Waals surface area contributed by atoms with Crippen LogP contribution in [-0.4, -0.2) is 4.57 Å². The van der Waals surface area contributed by atoms with Crippen molar-refractivity contribution in [3.63, 3.8) is 0 Å². The number of para-hydroxylation sites is 2. The quantitative estimate of drug-likeness (QED) is 0.166. The summed E-state index contributed by atoms with van der Waals surface area (Å²) in [6.07, 6.45) is 0. The Bertz CT molecular complexity index is 2910. The molecule has 0 saturated carbocycles. The van der Waals surface area contributed by atoms with Gasteiger partial charge in [-0.2, -0.15) is 0 Å². The standard InChI is InChI=1S/C54H38N2/c1-5-17-38(18-6-1)42-25-15-26-46(34-42)55-52-32-31-43(37-51(52)41-23-11-4-12-24-41)48-28-16-29-50-49-27-13-14-30-53(49)56(54(48)50)47-35-44(39-19-7-2-8-20-39)33-45(36-47)40-21-9-3-10-22-40/h1-37,55H. The van der Waals surface area contributed by atoms with Crippen molar-refractivity contribution in [1.29, 1.82) is 0 Å². The second kappa shape index (κ2) is 14.4. The lowest BCUT2D eigenvalue weighted by molar-refractivity contribution is 1.18. The molecule has 0 aliphatic carbocycles. The summed E-state index contributed by atoms with van der Waals surface area (Å²) in [6.45, 7) is 0. The van der Waals surface area contributed by atoms with Gasteiger partial charge in [0.25, 0.3) is 0 Å². The lowest BCUT2D eigenvalue weighted by Gasteiger charge is -2.18. The average Bonchev–Trinajstić information content (AvgIpc) is 3.62. The highest BCUT2D eigenvalue weighted by Gasteiger charge is 2.19. The molecule has 9 aromatic carbocycles. The molecule has 1 heterocycles. The van der Waals surface area contributed by atoms with Gasteiger partial charge in [0.2, 0.25) is 0 Å². The van der Waals surface area contributed by atoms with Crippen molar-refractivity contribution in [3.05, 3.63) is 224 Å². The van der Waals surface area contributed by atoms with Crippen LogP contribution in [0.2, 0.25) is 0 Å². The van der Waals surface area contributed by atoms with Crippen LogP contribution in [-0.2, 0) is 0 Å². The van der Waals surface area contributed by atoms with E-state index in [1.165, 1.54) is 60.8 Å². The third kappa shape index (κ3) is 6.24. The molecule has 0 saturated heterocycles. The number of hydrogen-bond acceptors (Lipinski definition) is 1. The number of nitrogens with zero attached hydrogens (tertiary/aromatic N) is 1. The summed E-state index contributed by atoms with van der Waals surface area (Å²) in [4.78, 5) is 0. The summed E-state index contributed by atoms with van der Waals surface area (Å²) in [7, 11) is 0. The Morgan fingerprint density at radius 1 is 0.304 bits per heavy atom. The molecule has 0 unspecified atom stereocenters. The van der Waals surface area contributed by atoms with Crippen molar-refractivity contribution >= 4 is 33.2 Å². The lowest BCUT2D eigenvalue weighted by Crippen LogP contribution is -1.98. The molecule has 0 radical (unpaired) electrons. The predicted octanol–water partition coefficient (Wildman–Crippen LogP) is 14.9. The molecule has 0 spiro atoms. The predicted molar refractivity (Wildman–Crippen MR) is 238 cm³/mol. The van der Waals surface area contributed by atoms with Gasteiger partial charge in [0.1, 0.15) is 0 Å². The van der Waals surface area contributed by atoms with E-state index in [-0.39, 0.29) is 0 Å².